The van der Waals surface area contributed by atoms with Gasteiger partial charge in [-0.25, -0.2) is 0 Å². The molecule has 2 atom stereocenters. The van der Waals surface area contributed by atoms with Crippen LogP contribution in [0, 0.1) is 16.0 Å². The normalized spacial score (nSPS) is 24.5. The van der Waals surface area contributed by atoms with Gasteiger partial charge in [-0.1, -0.05) is 28.1 Å². The van der Waals surface area contributed by atoms with E-state index in [0.717, 1.165) is 31.6 Å². The standard InChI is InChI=1S/C12H14BrNO3/c13-12-5-6-17-8-10(12)7-9-1-3-11(4-2-9)14(15)16/h1-4,10,12H,5-8H2. The predicted octanol–water partition coefficient (Wildman–Crippen LogP) is 2.94. The lowest BCUT2D eigenvalue weighted by molar-refractivity contribution is -0.384. The van der Waals surface area contributed by atoms with E-state index < -0.39 is 0 Å². The molecule has 0 aromatic heterocycles. The van der Waals surface area contributed by atoms with Crippen molar-refractivity contribution in [1.82, 2.24) is 0 Å². The third kappa shape index (κ3) is 3.26. The molecule has 1 aromatic carbocycles. The first-order valence-corrected chi connectivity index (χ1v) is 6.53. The van der Waals surface area contributed by atoms with E-state index in [1.807, 2.05) is 12.1 Å². The van der Waals surface area contributed by atoms with E-state index >= 15 is 0 Å². The molecule has 17 heavy (non-hydrogen) atoms. The second kappa shape index (κ2) is 5.60. The molecule has 0 N–H and O–H groups in total. The van der Waals surface area contributed by atoms with Crippen molar-refractivity contribution in [3.8, 4) is 0 Å². The van der Waals surface area contributed by atoms with Crippen molar-refractivity contribution < 1.29 is 9.66 Å². The summed E-state index contributed by atoms with van der Waals surface area (Å²) in [5, 5.41) is 10.5. The van der Waals surface area contributed by atoms with E-state index in [1.165, 1.54) is 0 Å². The Labute approximate surface area is 108 Å². The molecule has 2 rings (SSSR count). The van der Waals surface area contributed by atoms with Gasteiger partial charge >= 0.3 is 0 Å². The van der Waals surface area contributed by atoms with Crippen LogP contribution >= 0.6 is 15.9 Å². The van der Waals surface area contributed by atoms with Gasteiger partial charge in [0.05, 0.1) is 11.5 Å². The van der Waals surface area contributed by atoms with Crippen molar-refractivity contribution in [2.75, 3.05) is 13.2 Å². The molecule has 0 radical (unpaired) electrons. The fourth-order valence-corrected chi connectivity index (χ4v) is 2.54. The Morgan fingerprint density at radius 3 is 2.71 bits per heavy atom. The highest BCUT2D eigenvalue weighted by Gasteiger charge is 2.23. The minimum absolute atomic E-state index is 0.143. The summed E-state index contributed by atoms with van der Waals surface area (Å²) in [5.74, 6) is 0.449. The number of non-ortho nitro benzene ring substituents is 1. The number of nitro benzene ring substituents is 1. The van der Waals surface area contributed by atoms with Crippen molar-refractivity contribution in [2.45, 2.75) is 17.7 Å². The predicted molar refractivity (Wildman–Crippen MR) is 68.4 cm³/mol. The van der Waals surface area contributed by atoms with Crippen LogP contribution in [0.4, 0.5) is 5.69 Å². The first-order chi connectivity index (χ1) is 8.16. The monoisotopic (exact) mass is 299 g/mol. The van der Waals surface area contributed by atoms with E-state index in [4.69, 9.17) is 4.74 Å². The van der Waals surface area contributed by atoms with Gasteiger partial charge in [-0.15, -0.1) is 0 Å². The number of ether oxygens (including phenoxy) is 1. The summed E-state index contributed by atoms with van der Waals surface area (Å²) in [6.07, 6.45) is 1.92. The molecular weight excluding hydrogens is 286 g/mol. The molecule has 0 aliphatic carbocycles. The highest BCUT2D eigenvalue weighted by Crippen LogP contribution is 2.26. The van der Waals surface area contributed by atoms with E-state index in [9.17, 15) is 10.1 Å². The van der Waals surface area contributed by atoms with Crippen LogP contribution in [-0.4, -0.2) is 23.0 Å². The molecule has 0 amide bonds. The molecule has 1 aromatic rings. The first kappa shape index (κ1) is 12.5. The number of alkyl halides is 1. The molecule has 1 fully saturated rings. The summed E-state index contributed by atoms with van der Waals surface area (Å²) in [6, 6.07) is 6.77. The molecule has 1 aliphatic heterocycles. The van der Waals surface area contributed by atoms with Crippen LogP contribution in [-0.2, 0) is 11.2 Å². The van der Waals surface area contributed by atoms with Crippen LogP contribution in [0.15, 0.2) is 24.3 Å². The molecule has 1 heterocycles. The van der Waals surface area contributed by atoms with Gasteiger partial charge in [0, 0.05) is 23.6 Å². The SMILES string of the molecule is O=[N+]([O-])c1ccc(CC2COCCC2Br)cc1. The average molecular weight is 300 g/mol. The largest absolute Gasteiger partial charge is 0.381 e. The van der Waals surface area contributed by atoms with E-state index in [-0.39, 0.29) is 10.6 Å². The zero-order chi connectivity index (χ0) is 12.3. The molecule has 2 unspecified atom stereocenters. The average Bonchev–Trinajstić information content (AvgIpc) is 2.33. The number of halogens is 1. The molecular formula is C12H14BrNO3. The summed E-state index contributed by atoms with van der Waals surface area (Å²) in [4.78, 5) is 10.6. The smallest absolute Gasteiger partial charge is 0.269 e. The summed E-state index contributed by atoms with van der Waals surface area (Å²) < 4.78 is 5.45. The quantitative estimate of drug-likeness (QED) is 0.490. The zero-order valence-corrected chi connectivity index (χ0v) is 10.9. The van der Waals surface area contributed by atoms with E-state index in [0.29, 0.717) is 10.7 Å². The number of hydrogen-bond donors (Lipinski definition) is 0. The van der Waals surface area contributed by atoms with Crippen LogP contribution in [0.25, 0.3) is 0 Å². The van der Waals surface area contributed by atoms with Gasteiger partial charge in [-0.05, 0) is 24.3 Å². The Hall–Kier alpha value is -0.940. The fraction of sp³-hybridized carbons (Fsp3) is 0.500. The molecule has 1 saturated heterocycles. The number of rotatable bonds is 3. The number of nitrogens with zero attached hydrogens (tertiary/aromatic N) is 1. The molecule has 4 nitrogen and oxygen atoms in total. The van der Waals surface area contributed by atoms with Crippen LogP contribution in [0.3, 0.4) is 0 Å². The van der Waals surface area contributed by atoms with Crippen molar-refractivity contribution in [3.63, 3.8) is 0 Å². The molecule has 0 bridgehead atoms. The Kier molecular flexibility index (Phi) is 4.12. The zero-order valence-electron chi connectivity index (χ0n) is 9.34. The number of hydrogen-bond acceptors (Lipinski definition) is 3. The molecule has 0 spiro atoms. The van der Waals surface area contributed by atoms with Crippen LogP contribution in [0.2, 0.25) is 0 Å². The van der Waals surface area contributed by atoms with Gasteiger partial charge in [0.15, 0.2) is 0 Å². The van der Waals surface area contributed by atoms with Crippen LogP contribution in [0.1, 0.15) is 12.0 Å². The lowest BCUT2D eigenvalue weighted by Crippen LogP contribution is -2.29. The Morgan fingerprint density at radius 2 is 2.12 bits per heavy atom. The van der Waals surface area contributed by atoms with Crippen molar-refractivity contribution in [2.24, 2.45) is 5.92 Å². The molecule has 0 saturated carbocycles. The van der Waals surface area contributed by atoms with E-state index in [1.54, 1.807) is 12.1 Å². The second-order valence-corrected chi connectivity index (χ2v) is 5.44. The van der Waals surface area contributed by atoms with Gasteiger partial charge in [-0.3, -0.25) is 10.1 Å². The topological polar surface area (TPSA) is 52.4 Å². The van der Waals surface area contributed by atoms with E-state index in [2.05, 4.69) is 15.9 Å². The van der Waals surface area contributed by atoms with Gasteiger partial charge < -0.3 is 4.74 Å². The number of nitro groups is 1. The minimum atomic E-state index is -0.374. The Balaban J connectivity index is 2.00. The highest BCUT2D eigenvalue weighted by atomic mass is 79.9. The summed E-state index contributed by atoms with van der Waals surface area (Å²) in [6.45, 7) is 1.57. The molecule has 1 aliphatic rings. The number of benzene rings is 1. The van der Waals surface area contributed by atoms with Crippen LogP contribution in [0.5, 0.6) is 0 Å². The molecule has 5 heteroatoms. The summed E-state index contributed by atoms with van der Waals surface area (Å²) in [7, 11) is 0. The highest BCUT2D eigenvalue weighted by molar-refractivity contribution is 9.09. The third-order valence-electron chi connectivity index (χ3n) is 3.03. The van der Waals surface area contributed by atoms with Gasteiger partial charge in [0.25, 0.3) is 5.69 Å². The lowest BCUT2D eigenvalue weighted by Gasteiger charge is -2.27. The van der Waals surface area contributed by atoms with Crippen molar-refractivity contribution >= 4 is 21.6 Å². The summed E-state index contributed by atoms with van der Waals surface area (Å²) in [5.41, 5.74) is 1.26. The van der Waals surface area contributed by atoms with Crippen molar-refractivity contribution in [3.05, 3.63) is 39.9 Å². The maximum absolute atomic E-state index is 10.5. The maximum atomic E-state index is 10.5. The third-order valence-corrected chi connectivity index (χ3v) is 4.23. The molecule has 92 valence electrons. The first-order valence-electron chi connectivity index (χ1n) is 5.62. The van der Waals surface area contributed by atoms with Crippen LogP contribution < -0.4 is 0 Å². The van der Waals surface area contributed by atoms with Gasteiger partial charge in [-0.2, -0.15) is 0 Å². The Bertz CT molecular complexity index is 393. The lowest BCUT2D eigenvalue weighted by atomic mass is 9.94. The summed E-state index contributed by atoms with van der Waals surface area (Å²) >= 11 is 3.66. The van der Waals surface area contributed by atoms with Gasteiger partial charge in [0.1, 0.15) is 0 Å². The Morgan fingerprint density at radius 1 is 1.41 bits per heavy atom. The maximum Gasteiger partial charge on any atom is 0.269 e. The van der Waals surface area contributed by atoms with Crippen molar-refractivity contribution in [1.29, 1.82) is 0 Å². The second-order valence-electron chi connectivity index (χ2n) is 4.27. The van der Waals surface area contributed by atoms with Gasteiger partial charge in [0.2, 0.25) is 0 Å². The minimum Gasteiger partial charge on any atom is -0.381 e. The fourth-order valence-electron chi connectivity index (χ4n) is 2.01.